The van der Waals surface area contributed by atoms with Gasteiger partial charge < -0.3 is 10.1 Å². The van der Waals surface area contributed by atoms with Crippen molar-refractivity contribution in [2.24, 2.45) is 0 Å². The van der Waals surface area contributed by atoms with Crippen molar-refractivity contribution < 1.29 is 4.74 Å². The Morgan fingerprint density at radius 1 is 1.36 bits per heavy atom. The van der Waals surface area contributed by atoms with Gasteiger partial charge in [-0.25, -0.2) is 0 Å². The first kappa shape index (κ1) is 10.7. The van der Waals surface area contributed by atoms with Crippen LogP contribution in [0.5, 0.6) is 0 Å². The van der Waals surface area contributed by atoms with E-state index in [4.69, 9.17) is 4.74 Å². The molecule has 1 N–H and O–H groups in total. The molecule has 2 aliphatic rings. The van der Waals surface area contributed by atoms with Gasteiger partial charge in [0, 0.05) is 38.0 Å². The maximum atomic E-state index is 5.31. The van der Waals surface area contributed by atoms with E-state index in [0.717, 1.165) is 38.9 Å². The van der Waals surface area contributed by atoms with E-state index in [-0.39, 0.29) is 0 Å². The molecule has 0 unspecified atom stereocenters. The molecule has 0 amide bonds. The van der Waals surface area contributed by atoms with Crippen molar-refractivity contribution in [1.82, 2.24) is 10.2 Å². The number of thioether (sulfide) groups is 1. The van der Waals surface area contributed by atoms with Crippen molar-refractivity contribution in [2.45, 2.75) is 12.5 Å². The second kappa shape index (κ2) is 5.95. The quantitative estimate of drug-likeness (QED) is 0.736. The van der Waals surface area contributed by atoms with Gasteiger partial charge in [-0.1, -0.05) is 0 Å². The lowest BCUT2D eigenvalue weighted by molar-refractivity contribution is 0.0382. The smallest absolute Gasteiger partial charge is 0.0594 e. The number of hydrogen-bond donors (Lipinski definition) is 1. The van der Waals surface area contributed by atoms with Gasteiger partial charge in [0.25, 0.3) is 0 Å². The Balaban J connectivity index is 1.52. The van der Waals surface area contributed by atoms with Crippen molar-refractivity contribution >= 4 is 11.8 Å². The Kier molecular flexibility index (Phi) is 4.57. The minimum Gasteiger partial charge on any atom is -0.379 e. The van der Waals surface area contributed by atoms with Gasteiger partial charge in [-0.2, -0.15) is 11.8 Å². The first-order valence-corrected chi connectivity index (χ1v) is 6.72. The molecule has 0 aromatic carbocycles. The summed E-state index contributed by atoms with van der Waals surface area (Å²) < 4.78 is 5.31. The molecular weight excluding hydrogens is 196 g/mol. The van der Waals surface area contributed by atoms with Crippen LogP contribution >= 0.6 is 11.8 Å². The topological polar surface area (TPSA) is 24.5 Å². The van der Waals surface area contributed by atoms with Gasteiger partial charge in [0.05, 0.1) is 13.2 Å². The molecule has 0 spiro atoms. The van der Waals surface area contributed by atoms with Gasteiger partial charge in [-0.05, 0) is 12.2 Å². The van der Waals surface area contributed by atoms with E-state index in [0.29, 0.717) is 0 Å². The van der Waals surface area contributed by atoms with Gasteiger partial charge >= 0.3 is 0 Å². The van der Waals surface area contributed by atoms with Crippen molar-refractivity contribution in [3.05, 3.63) is 0 Å². The first-order valence-electron chi connectivity index (χ1n) is 5.56. The van der Waals surface area contributed by atoms with Gasteiger partial charge in [0.15, 0.2) is 0 Å². The summed E-state index contributed by atoms with van der Waals surface area (Å²) in [6.07, 6.45) is 1.35. The Hall–Kier alpha value is 0.230. The zero-order valence-corrected chi connectivity index (χ0v) is 9.52. The summed E-state index contributed by atoms with van der Waals surface area (Å²) in [6, 6.07) is 0.779. The summed E-state index contributed by atoms with van der Waals surface area (Å²) in [5, 5.41) is 3.63. The summed E-state index contributed by atoms with van der Waals surface area (Å²) in [4.78, 5) is 2.48. The number of rotatable bonds is 4. The lowest BCUT2D eigenvalue weighted by atomic mass is 10.2. The number of nitrogens with zero attached hydrogens (tertiary/aromatic N) is 1. The second-order valence-electron chi connectivity index (χ2n) is 3.97. The lowest BCUT2D eigenvalue weighted by Crippen LogP contribution is -2.42. The van der Waals surface area contributed by atoms with E-state index in [2.05, 4.69) is 22.0 Å². The van der Waals surface area contributed by atoms with Crippen LogP contribution in [0.1, 0.15) is 6.42 Å². The van der Waals surface area contributed by atoms with Crippen LogP contribution in [0.25, 0.3) is 0 Å². The predicted octanol–water partition coefficient (Wildman–Crippen LogP) is 0.414. The molecule has 2 aliphatic heterocycles. The number of ether oxygens (including phenoxy) is 1. The maximum Gasteiger partial charge on any atom is 0.0594 e. The molecule has 0 saturated carbocycles. The molecule has 0 aromatic rings. The monoisotopic (exact) mass is 216 g/mol. The van der Waals surface area contributed by atoms with E-state index >= 15 is 0 Å². The van der Waals surface area contributed by atoms with E-state index in [9.17, 15) is 0 Å². The minimum absolute atomic E-state index is 0.779. The molecule has 0 aromatic heterocycles. The molecular formula is C10H20N2OS. The molecule has 2 saturated heterocycles. The molecule has 2 rings (SSSR count). The van der Waals surface area contributed by atoms with E-state index in [1.807, 2.05) is 0 Å². The zero-order valence-electron chi connectivity index (χ0n) is 8.71. The molecule has 2 fully saturated rings. The van der Waals surface area contributed by atoms with Crippen molar-refractivity contribution in [3.63, 3.8) is 0 Å². The molecule has 0 radical (unpaired) electrons. The fraction of sp³-hybridized carbons (Fsp3) is 1.00. The van der Waals surface area contributed by atoms with Crippen LogP contribution in [0.4, 0.5) is 0 Å². The highest BCUT2D eigenvalue weighted by Crippen LogP contribution is 2.16. The van der Waals surface area contributed by atoms with Gasteiger partial charge in [-0.15, -0.1) is 0 Å². The van der Waals surface area contributed by atoms with Crippen LogP contribution in [-0.4, -0.2) is 61.8 Å². The number of hydrogen-bond acceptors (Lipinski definition) is 4. The highest BCUT2D eigenvalue weighted by Gasteiger charge is 2.15. The van der Waals surface area contributed by atoms with Crippen LogP contribution < -0.4 is 5.32 Å². The van der Waals surface area contributed by atoms with Crippen LogP contribution in [0.2, 0.25) is 0 Å². The van der Waals surface area contributed by atoms with Crippen molar-refractivity contribution in [1.29, 1.82) is 0 Å². The van der Waals surface area contributed by atoms with E-state index in [1.165, 1.54) is 24.5 Å². The lowest BCUT2D eigenvalue weighted by Gasteiger charge is -2.27. The number of nitrogens with one attached hydrogen (secondary N) is 1. The third kappa shape index (κ3) is 3.42. The molecule has 14 heavy (non-hydrogen) atoms. The fourth-order valence-electron chi connectivity index (χ4n) is 1.95. The first-order chi connectivity index (χ1) is 6.95. The van der Waals surface area contributed by atoms with Crippen LogP contribution in [0, 0.1) is 0 Å². The molecule has 1 atom stereocenters. The zero-order chi connectivity index (χ0) is 9.64. The van der Waals surface area contributed by atoms with Crippen LogP contribution in [0.15, 0.2) is 0 Å². The minimum atomic E-state index is 0.779. The maximum absolute atomic E-state index is 5.31. The number of morpholine rings is 1. The summed E-state index contributed by atoms with van der Waals surface area (Å²) in [6.45, 7) is 6.39. The van der Waals surface area contributed by atoms with Crippen molar-refractivity contribution in [3.8, 4) is 0 Å². The summed E-state index contributed by atoms with van der Waals surface area (Å²) >= 11 is 2.07. The molecule has 3 nitrogen and oxygen atoms in total. The van der Waals surface area contributed by atoms with Gasteiger partial charge in [-0.3, -0.25) is 4.90 Å². The van der Waals surface area contributed by atoms with Gasteiger partial charge in [0.1, 0.15) is 0 Å². The van der Waals surface area contributed by atoms with E-state index < -0.39 is 0 Å². The Bertz CT molecular complexity index is 156. The highest BCUT2D eigenvalue weighted by atomic mass is 32.2. The predicted molar refractivity (Wildman–Crippen MR) is 61.0 cm³/mol. The Morgan fingerprint density at radius 2 is 2.21 bits per heavy atom. The molecule has 0 aliphatic carbocycles. The van der Waals surface area contributed by atoms with Crippen LogP contribution in [0.3, 0.4) is 0 Å². The third-order valence-corrected chi connectivity index (χ3v) is 4.06. The molecule has 4 heteroatoms. The summed E-state index contributed by atoms with van der Waals surface area (Å²) in [5.74, 6) is 2.65. The average molecular weight is 216 g/mol. The highest BCUT2D eigenvalue weighted by molar-refractivity contribution is 7.99. The SMILES string of the molecule is C(CN1CCOCC1)N[C@H]1CCSC1. The summed E-state index contributed by atoms with van der Waals surface area (Å²) in [5.41, 5.74) is 0. The Morgan fingerprint density at radius 3 is 2.93 bits per heavy atom. The molecule has 0 bridgehead atoms. The normalized spacial score (nSPS) is 29.6. The molecule has 82 valence electrons. The standard InChI is InChI=1S/C10H20N2OS/c1-8-14-9-10(1)11-2-3-12-4-6-13-7-5-12/h10-11H,1-9H2/t10-/m0/s1. The largest absolute Gasteiger partial charge is 0.379 e. The Labute approximate surface area is 90.6 Å². The fourth-order valence-corrected chi connectivity index (χ4v) is 3.13. The van der Waals surface area contributed by atoms with E-state index in [1.54, 1.807) is 0 Å². The second-order valence-corrected chi connectivity index (χ2v) is 5.12. The van der Waals surface area contributed by atoms with Crippen LogP contribution in [-0.2, 0) is 4.74 Å². The molecule has 2 heterocycles. The average Bonchev–Trinajstić information content (AvgIpc) is 2.72. The third-order valence-electron chi connectivity index (χ3n) is 2.89. The van der Waals surface area contributed by atoms with Gasteiger partial charge in [0.2, 0.25) is 0 Å². The van der Waals surface area contributed by atoms with Crippen molar-refractivity contribution in [2.75, 3.05) is 50.9 Å². The summed E-state index contributed by atoms with van der Waals surface area (Å²) in [7, 11) is 0.